The Bertz CT molecular complexity index is 1310. The first-order chi connectivity index (χ1) is 20.9. The van der Waals surface area contributed by atoms with Crippen molar-refractivity contribution < 1.29 is 24.5 Å². The number of unbranched alkanes of at least 4 members (excludes halogenated alkanes) is 4. The van der Waals surface area contributed by atoms with Crippen molar-refractivity contribution >= 4 is 28.2 Å². The summed E-state index contributed by atoms with van der Waals surface area (Å²) in [6, 6.07) is 6.78. The zero-order chi connectivity index (χ0) is 30.3. The van der Waals surface area contributed by atoms with Crippen LogP contribution in [-0.4, -0.2) is 70.3 Å². The SMILES string of the molecule is CCCCC[C@H](O)CC[C@H]1[C@H](O)CC(=O)[C@@H]1CCCCC=CC(=O)OC[C@@H]1C=C2c3cccc4[nH]cc(c34)C[C@H]2N(C)C1. The Kier molecular flexibility index (Phi) is 10.9. The van der Waals surface area contributed by atoms with E-state index in [1.807, 2.05) is 6.08 Å². The molecule has 1 fully saturated rings. The highest BCUT2D eigenvalue weighted by atomic mass is 16.5. The fourth-order valence-electron chi connectivity index (χ4n) is 7.64. The van der Waals surface area contributed by atoms with E-state index in [0.717, 1.165) is 64.3 Å². The Hall–Kier alpha value is -2.74. The number of likely N-dealkylation sites (N-methyl/N-ethyl adjacent to an activating group) is 1. The van der Waals surface area contributed by atoms with Crippen LogP contribution in [0.25, 0.3) is 16.5 Å². The number of benzene rings is 1. The molecule has 3 N–H and O–H groups in total. The lowest BCUT2D eigenvalue weighted by molar-refractivity contribution is -0.138. The number of carbonyl (C=O) groups excluding carboxylic acids is 2. The number of rotatable bonds is 15. The number of allylic oxidation sites excluding steroid dienone is 1. The van der Waals surface area contributed by atoms with Crippen LogP contribution in [0.2, 0.25) is 0 Å². The third-order valence-electron chi connectivity index (χ3n) is 9.98. The molecule has 2 aliphatic carbocycles. The third kappa shape index (κ3) is 7.68. The van der Waals surface area contributed by atoms with Gasteiger partial charge in [-0.3, -0.25) is 9.69 Å². The molecule has 0 amide bonds. The number of aliphatic hydroxyl groups is 2. The molecule has 7 heteroatoms. The van der Waals surface area contributed by atoms with E-state index in [9.17, 15) is 19.8 Å². The Morgan fingerprint density at radius 3 is 2.86 bits per heavy atom. The van der Waals surface area contributed by atoms with Crippen LogP contribution < -0.4 is 0 Å². The molecular formula is C36H50N2O5. The minimum atomic E-state index is -0.585. The number of nitrogens with one attached hydrogen (secondary N) is 1. The number of esters is 1. The van der Waals surface area contributed by atoms with Crippen molar-refractivity contribution in [2.45, 2.75) is 102 Å². The number of aliphatic hydroxyl groups excluding tert-OH is 2. The van der Waals surface area contributed by atoms with Crippen LogP contribution in [0.3, 0.4) is 0 Å². The fourth-order valence-corrected chi connectivity index (χ4v) is 7.64. The van der Waals surface area contributed by atoms with Gasteiger partial charge in [-0.15, -0.1) is 0 Å². The van der Waals surface area contributed by atoms with E-state index >= 15 is 0 Å². The van der Waals surface area contributed by atoms with Crippen molar-refractivity contribution in [3.63, 3.8) is 0 Å². The normalized spacial score (nSPS) is 26.2. The van der Waals surface area contributed by atoms with E-state index in [1.54, 1.807) is 0 Å². The molecule has 7 nitrogen and oxygen atoms in total. The lowest BCUT2D eigenvalue weighted by Gasteiger charge is -2.39. The number of aromatic nitrogens is 1. The molecule has 0 saturated heterocycles. The Balaban J connectivity index is 1.03. The minimum absolute atomic E-state index is 0.0467. The first-order valence-electron chi connectivity index (χ1n) is 16.6. The van der Waals surface area contributed by atoms with Gasteiger partial charge in [0.2, 0.25) is 0 Å². The number of H-pyrrole nitrogens is 1. The number of aromatic amines is 1. The quantitative estimate of drug-likeness (QED) is 0.134. The summed E-state index contributed by atoms with van der Waals surface area (Å²) in [7, 11) is 2.16. The zero-order valence-electron chi connectivity index (χ0n) is 26.0. The van der Waals surface area contributed by atoms with Gasteiger partial charge >= 0.3 is 5.97 Å². The summed E-state index contributed by atoms with van der Waals surface area (Å²) >= 11 is 0. The van der Waals surface area contributed by atoms with Crippen molar-refractivity contribution in [3.8, 4) is 0 Å². The predicted molar refractivity (Wildman–Crippen MR) is 170 cm³/mol. The highest BCUT2D eigenvalue weighted by Crippen LogP contribution is 2.41. The monoisotopic (exact) mass is 590 g/mol. The van der Waals surface area contributed by atoms with E-state index in [4.69, 9.17) is 4.74 Å². The maximum absolute atomic E-state index is 12.5. The van der Waals surface area contributed by atoms with E-state index in [0.29, 0.717) is 25.5 Å². The molecule has 1 saturated carbocycles. The molecule has 1 aliphatic heterocycles. The van der Waals surface area contributed by atoms with Crippen LogP contribution in [0.5, 0.6) is 0 Å². The number of nitrogens with zero attached hydrogens (tertiary/aromatic N) is 1. The molecule has 3 aliphatic rings. The molecule has 6 atom stereocenters. The smallest absolute Gasteiger partial charge is 0.330 e. The van der Waals surface area contributed by atoms with Gasteiger partial charge in [0.15, 0.2) is 0 Å². The van der Waals surface area contributed by atoms with Crippen molar-refractivity contribution in [3.05, 3.63) is 53.8 Å². The van der Waals surface area contributed by atoms with Crippen molar-refractivity contribution in [2.75, 3.05) is 20.2 Å². The van der Waals surface area contributed by atoms with Crippen LogP contribution in [0.4, 0.5) is 0 Å². The van der Waals surface area contributed by atoms with Crippen LogP contribution >= 0.6 is 0 Å². The van der Waals surface area contributed by atoms with E-state index in [2.05, 4.69) is 54.3 Å². The van der Waals surface area contributed by atoms with Crippen molar-refractivity contribution in [1.82, 2.24) is 9.88 Å². The van der Waals surface area contributed by atoms with Gasteiger partial charge in [0, 0.05) is 54.0 Å². The molecule has 234 valence electrons. The van der Waals surface area contributed by atoms with Gasteiger partial charge in [0.05, 0.1) is 18.8 Å². The maximum Gasteiger partial charge on any atom is 0.330 e. The zero-order valence-corrected chi connectivity index (χ0v) is 26.0. The molecule has 0 unspecified atom stereocenters. The highest BCUT2D eigenvalue weighted by Gasteiger charge is 2.40. The summed E-state index contributed by atoms with van der Waals surface area (Å²) in [5.74, 6) is -0.170. The minimum Gasteiger partial charge on any atom is -0.462 e. The second-order valence-corrected chi connectivity index (χ2v) is 13.1. The lowest BCUT2D eigenvalue weighted by atomic mass is 9.80. The number of hydrogen-bond donors (Lipinski definition) is 3. The van der Waals surface area contributed by atoms with Crippen LogP contribution in [0.15, 0.2) is 42.6 Å². The van der Waals surface area contributed by atoms with E-state index < -0.39 is 6.10 Å². The predicted octanol–water partition coefficient (Wildman–Crippen LogP) is 5.98. The number of hydrogen-bond acceptors (Lipinski definition) is 6. The topological polar surface area (TPSA) is 103 Å². The number of ether oxygens (including phenoxy) is 1. The molecule has 2 aromatic rings. The second-order valence-electron chi connectivity index (χ2n) is 13.1. The largest absolute Gasteiger partial charge is 0.462 e. The second kappa shape index (κ2) is 14.8. The number of carbonyl (C=O) groups is 2. The van der Waals surface area contributed by atoms with Gasteiger partial charge in [-0.1, -0.05) is 56.9 Å². The Labute approximate surface area is 256 Å². The first kappa shape index (κ1) is 31.7. The standard InChI is InChI=1S/C36H50N2O5/c1-3-4-7-11-26(39)16-17-28-27(33(40)20-34(28)41)12-8-5-6-9-15-35(42)43-23-24-18-30-29-13-10-14-31-36(29)25(21-37-31)19-32(30)38(2)22-24/h9-10,13-15,18,21,24,26-28,32,34,37,39,41H,3-8,11-12,16-17,19-20,22-23H2,1-2H3/t24-,26+,27-,28-,32-,34-/m1/s1. The number of ketones is 1. The number of Topliss-reactive ketones (excluding diaryl/α,β-unsaturated/α-hetero) is 1. The van der Waals surface area contributed by atoms with Crippen molar-refractivity contribution in [2.24, 2.45) is 17.8 Å². The molecule has 43 heavy (non-hydrogen) atoms. The summed E-state index contributed by atoms with van der Waals surface area (Å²) < 4.78 is 5.65. The molecule has 0 bridgehead atoms. The summed E-state index contributed by atoms with van der Waals surface area (Å²) in [6.45, 7) is 3.37. The van der Waals surface area contributed by atoms with Gasteiger partial charge in [-0.2, -0.15) is 0 Å². The van der Waals surface area contributed by atoms with Gasteiger partial charge in [-0.05, 0) is 80.7 Å². The average Bonchev–Trinajstić information content (AvgIpc) is 3.53. The summed E-state index contributed by atoms with van der Waals surface area (Å²) in [4.78, 5) is 30.8. The maximum atomic E-state index is 12.5. The molecule has 5 rings (SSSR count). The Morgan fingerprint density at radius 1 is 1.16 bits per heavy atom. The summed E-state index contributed by atoms with van der Waals surface area (Å²) in [6.07, 6.45) is 16.8. The fraction of sp³-hybridized carbons (Fsp3) is 0.611. The van der Waals surface area contributed by atoms with E-state index in [1.165, 1.54) is 33.7 Å². The number of fused-ring (bicyclic) bond motifs is 2. The van der Waals surface area contributed by atoms with Gasteiger partial charge in [-0.25, -0.2) is 4.79 Å². The third-order valence-corrected chi connectivity index (χ3v) is 9.98. The first-order valence-corrected chi connectivity index (χ1v) is 16.6. The summed E-state index contributed by atoms with van der Waals surface area (Å²) in [5.41, 5.74) is 5.16. The summed E-state index contributed by atoms with van der Waals surface area (Å²) in [5, 5.41) is 22.1. The molecule has 1 aromatic heterocycles. The Morgan fingerprint density at radius 2 is 2.02 bits per heavy atom. The van der Waals surface area contributed by atoms with Crippen LogP contribution in [-0.2, 0) is 20.7 Å². The molecule has 0 spiro atoms. The average molecular weight is 591 g/mol. The van der Waals surface area contributed by atoms with Gasteiger partial charge in [0.25, 0.3) is 0 Å². The van der Waals surface area contributed by atoms with Crippen LogP contribution in [0.1, 0.15) is 88.7 Å². The van der Waals surface area contributed by atoms with Crippen molar-refractivity contribution in [1.29, 1.82) is 0 Å². The molecule has 2 heterocycles. The van der Waals surface area contributed by atoms with Gasteiger partial charge < -0.3 is 19.9 Å². The van der Waals surface area contributed by atoms with E-state index in [-0.39, 0.29) is 42.0 Å². The van der Waals surface area contributed by atoms with Gasteiger partial charge in [0.1, 0.15) is 5.78 Å². The molecule has 0 radical (unpaired) electrons. The molecule has 1 aromatic carbocycles. The molecular weight excluding hydrogens is 540 g/mol. The highest BCUT2D eigenvalue weighted by molar-refractivity contribution is 5.98. The lowest BCUT2D eigenvalue weighted by Crippen LogP contribution is -2.43. The van der Waals surface area contributed by atoms with Crippen LogP contribution in [0, 0.1) is 17.8 Å².